The lowest BCUT2D eigenvalue weighted by molar-refractivity contribution is 0.314. The second-order valence-electron chi connectivity index (χ2n) is 5.90. The molecule has 3 heterocycles. The van der Waals surface area contributed by atoms with Crippen LogP contribution in [-0.2, 0) is 6.54 Å². The fraction of sp³-hybridized carbons (Fsp3) is 0.333. The maximum absolute atomic E-state index is 5.89. The van der Waals surface area contributed by atoms with Crippen molar-refractivity contribution in [2.24, 2.45) is 0 Å². The van der Waals surface area contributed by atoms with Crippen LogP contribution in [0, 0.1) is 19.2 Å². The summed E-state index contributed by atoms with van der Waals surface area (Å²) in [6.45, 7) is 5.92. The fourth-order valence-corrected chi connectivity index (χ4v) is 2.83. The molecule has 6 nitrogen and oxygen atoms in total. The van der Waals surface area contributed by atoms with Crippen molar-refractivity contribution in [3.8, 4) is 16.9 Å². The Bertz CT molecular complexity index is 858. The standard InChI is InChI=1S/C18H19N5O/c1-13-8-14-10-16(9-13)24-7-5-19-3-4-20-11-15-2-6-23-18(22-15)17(14)12-21-23/h8-10,12,19-20H,3-5,7,11H2,1H3. The molecule has 4 bridgehead atoms. The Balaban J connectivity index is 1.81. The Morgan fingerprint density at radius 1 is 1.17 bits per heavy atom. The highest BCUT2D eigenvalue weighted by atomic mass is 16.5. The lowest BCUT2D eigenvalue weighted by Crippen LogP contribution is -2.30. The number of nitrogens with one attached hydrogen (secondary N) is 2. The first-order chi connectivity index (χ1) is 11.8. The molecule has 1 aromatic carbocycles. The normalized spacial score (nSPS) is 15.4. The van der Waals surface area contributed by atoms with Crippen LogP contribution in [0.2, 0.25) is 0 Å². The van der Waals surface area contributed by atoms with Crippen LogP contribution < -0.4 is 15.4 Å². The Kier molecular flexibility index (Phi) is 4.03. The van der Waals surface area contributed by atoms with E-state index in [9.17, 15) is 0 Å². The van der Waals surface area contributed by atoms with E-state index in [0.29, 0.717) is 13.2 Å². The van der Waals surface area contributed by atoms with E-state index in [1.165, 1.54) is 0 Å². The first kappa shape index (κ1) is 14.9. The van der Waals surface area contributed by atoms with Crippen molar-refractivity contribution < 1.29 is 4.74 Å². The van der Waals surface area contributed by atoms with Gasteiger partial charge in [0.05, 0.1) is 6.20 Å². The Hall–Kier alpha value is -2.62. The van der Waals surface area contributed by atoms with Crippen molar-refractivity contribution in [2.45, 2.75) is 13.5 Å². The summed E-state index contributed by atoms with van der Waals surface area (Å²) < 4.78 is 7.53. The van der Waals surface area contributed by atoms with Gasteiger partial charge in [-0.25, -0.2) is 4.98 Å². The molecule has 2 aromatic heterocycles. The van der Waals surface area contributed by atoms with Gasteiger partial charge in [-0.15, -0.1) is 0 Å². The van der Waals surface area contributed by atoms with E-state index < -0.39 is 0 Å². The lowest BCUT2D eigenvalue weighted by Gasteiger charge is -2.10. The van der Waals surface area contributed by atoms with Crippen molar-refractivity contribution in [2.75, 3.05) is 26.2 Å². The second kappa shape index (κ2) is 6.48. The highest BCUT2D eigenvalue weighted by Crippen LogP contribution is 2.28. The van der Waals surface area contributed by atoms with Gasteiger partial charge in [-0.3, -0.25) is 0 Å². The maximum Gasteiger partial charge on any atom is 0.173 e. The molecule has 2 N–H and O–H groups in total. The zero-order valence-electron chi connectivity index (χ0n) is 13.6. The third-order valence-corrected chi connectivity index (χ3v) is 3.97. The molecule has 0 unspecified atom stereocenters. The minimum Gasteiger partial charge on any atom is -0.492 e. The van der Waals surface area contributed by atoms with Gasteiger partial charge in [-0.2, -0.15) is 9.61 Å². The van der Waals surface area contributed by atoms with Gasteiger partial charge in [-0.1, -0.05) is 6.07 Å². The summed E-state index contributed by atoms with van der Waals surface area (Å²) in [6, 6.07) is 9.27. The molecule has 1 aliphatic rings. The van der Waals surface area contributed by atoms with E-state index in [4.69, 9.17) is 9.72 Å². The Labute approximate surface area is 140 Å². The third kappa shape index (κ3) is 3.04. The van der Waals surface area contributed by atoms with Crippen LogP contribution in [-0.4, -0.2) is 40.8 Å². The first-order valence-electron chi connectivity index (χ1n) is 8.13. The Morgan fingerprint density at radius 3 is 3.04 bits per heavy atom. The van der Waals surface area contributed by atoms with Crippen LogP contribution >= 0.6 is 0 Å². The van der Waals surface area contributed by atoms with E-state index in [1.807, 2.05) is 18.3 Å². The van der Waals surface area contributed by atoms with Crippen molar-refractivity contribution in [1.29, 1.82) is 0 Å². The predicted molar refractivity (Wildman–Crippen MR) is 90.9 cm³/mol. The second-order valence-corrected chi connectivity index (χ2v) is 5.90. The highest BCUT2D eigenvalue weighted by Gasteiger charge is 2.11. The van der Waals surface area contributed by atoms with Crippen molar-refractivity contribution in [3.05, 3.63) is 47.9 Å². The number of aromatic nitrogens is 3. The molecule has 1 aliphatic heterocycles. The molecule has 0 saturated carbocycles. The molecular weight excluding hydrogens is 302 g/mol. The Morgan fingerprint density at radius 2 is 2.08 bits per heavy atom. The number of fused-ring (bicyclic) bond motifs is 4. The zero-order valence-corrected chi connectivity index (χ0v) is 13.6. The van der Waals surface area contributed by atoms with Gasteiger partial charge in [-0.05, 0) is 36.2 Å². The predicted octanol–water partition coefficient (Wildman–Crippen LogP) is 1.38. The number of hydrogen-bond acceptors (Lipinski definition) is 5. The van der Waals surface area contributed by atoms with Crippen LogP contribution in [0.5, 0.6) is 5.75 Å². The van der Waals surface area contributed by atoms with Crippen molar-refractivity contribution >= 4 is 5.65 Å². The van der Waals surface area contributed by atoms with E-state index >= 15 is 0 Å². The smallest absolute Gasteiger partial charge is 0.173 e. The monoisotopic (exact) mass is 321 g/mol. The van der Waals surface area contributed by atoms with Crippen LogP contribution in [0.3, 0.4) is 0 Å². The summed E-state index contributed by atoms with van der Waals surface area (Å²) in [6.07, 6.45) is 4.86. The molecule has 0 spiro atoms. The van der Waals surface area contributed by atoms with Gasteiger partial charge in [0.2, 0.25) is 0 Å². The van der Waals surface area contributed by atoms with Gasteiger partial charge in [0.25, 0.3) is 0 Å². The van der Waals surface area contributed by atoms with E-state index in [-0.39, 0.29) is 0 Å². The average Bonchev–Trinajstić information content (AvgIpc) is 2.99. The SMILES string of the molecule is Cc1cc2cc(c1)-c1cnn3c#cc(nc13)CNCCNCCO2. The number of nitrogens with zero attached hydrogens (tertiary/aromatic N) is 3. The van der Waals surface area contributed by atoms with E-state index in [1.54, 1.807) is 4.52 Å². The molecule has 4 rings (SSSR count). The summed E-state index contributed by atoms with van der Waals surface area (Å²) in [5.74, 6) is 0.867. The molecule has 24 heavy (non-hydrogen) atoms. The summed E-state index contributed by atoms with van der Waals surface area (Å²) in [5.41, 5.74) is 4.79. The fourth-order valence-electron chi connectivity index (χ4n) is 2.83. The summed E-state index contributed by atoms with van der Waals surface area (Å²) >= 11 is 0. The third-order valence-electron chi connectivity index (χ3n) is 3.97. The molecule has 0 saturated heterocycles. The number of ether oxygens (including phenoxy) is 1. The maximum atomic E-state index is 5.89. The largest absolute Gasteiger partial charge is 0.492 e. The summed E-state index contributed by atoms with van der Waals surface area (Å²) in [4.78, 5) is 4.70. The summed E-state index contributed by atoms with van der Waals surface area (Å²) in [7, 11) is 0. The molecule has 0 radical (unpaired) electrons. The molecule has 3 aromatic rings. The van der Waals surface area contributed by atoms with Crippen LogP contribution in [0.25, 0.3) is 16.8 Å². The highest BCUT2D eigenvalue weighted by molar-refractivity contribution is 5.78. The molecule has 6 heteroatoms. The lowest BCUT2D eigenvalue weighted by atomic mass is 10.1. The zero-order chi connectivity index (χ0) is 16.4. The molecule has 0 amide bonds. The number of rotatable bonds is 0. The average molecular weight is 321 g/mol. The van der Waals surface area contributed by atoms with E-state index in [2.05, 4.69) is 41.0 Å². The van der Waals surface area contributed by atoms with Crippen molar-refractivity contribution in [1.82, 2.24) is 25.2 Å². The van der Waals surface area contributed by atoms with Crippen molar-refractivity contribution in [3.63, 3.8) is 0 Å². The van der Waals surface area contributed by atoms with Crippen LogP contribution in [0.15, 0.2) is 24.4 Å². The summed E-state index contributed by atoms with van der Waals surface area (Å²) in [5, 5.41) is 11.1. The minimum absolute atomic E-state index is 0.639. The number of benzene rings is 1. The van der Waals surface area contributed by atoms with Crippen LogP contribution in [0.1, 0.15) is 11.3 Å². The van der Waals surface area contributed by atoms with Gasteiger partial charge in [0.15, 0.2) is 5.65 Å². The topological polar surface area (TPSA) is 63.5 Å². The quantitative estimate of drug-likeness (QED) is 0.655. The molecule has 0 aliphatic carbocycles. The van der Waals surface area contributed by atoms with Crippen LogP contribution in [0.4, 0.5) is 0 Å². The number of hydrogen-bond donors (Lipinski definition) is 2. The molecule has 0 atom stereocenters. The molecule has 0 fully saturated rings. The van der Waals surface area contributed by atoms with E-state index in [0.717, 1.165) is 53.4 Å². The number of aryl methyl sites for hydroxylation is 1. The molecular formula is C18H19N5O. The minimum atomic E-state index is 0.639. The molecule has 122 valence electrons. The first-order valence-corrected chi connectivity index (χ1v) is 8.13. The van der Waals surface area contributed by atoms with Gasteiger partial charge >= 0.3 is 0 Å². The van der Waals surface area contributed by atoms with Gasteiger partial charge < -0.3 is 15.4 Å². The van der Waals surface area contributed by atoms with Gasteiger partial charge in [0, 0.05) is 37.9 Å². The van der Waals surface area contributed by atoms with Gasteiger partial charge in [0.1, 0.15) is 18.1 Å².